The van der Waals surface area contributed by atoms with Gasteiger partial charge in [0.1, 0.15) is 0 Å². The fourth-order valence-corrected chi connectivity index (χ4v) is 2.78. The van der Waals surface area contributed by atoms with E-state index in [-0.39, 0.29) is 16.3 Å². The zero-order chi connectivity index (χ0) is 14.8. The smallest absolute Gasteiger partial charge is 0.338 e. The highest BCUT2D eigenvalue weighted by molar-refractivity contribution is 8.00. The van der Waals surface area contributed by atoms with E-state index in [1.165, 1.54) is 0 Å². The van der Waals surface area contributed by atoms with Gasteiger partial charge in [0.15, 0.2) is 0 Å². The lowest BCUT2D eigenvalue weighted by molar-refractivity contribution is 0.0697. The molecule has 0 radical (unpaired) electrons. The molecule has 0 atom stereocenters. The molecule has 0 spiro atoms. The molecule has 1 saturated carbocycles. The number of urea groups is 1. The lowest BCUT2D eigenvalue weighted by atomic mass is 10.1. The molecule has 1 aromatic carbocycles. The van der Waals surface area contributed by atoms with Crippen molar-refractivity contribution in [1.82, 2.24) is 5.32 Å². The third-order valence-corrected chi connectivity index (χ3v) is 4.97. The van der Waals surface area contributed by atoms with E-state index in [0.29, 0.717) is 17.8 Å². The molecule has 6 heteroatoms. The van der Waals surface area contributed by atoms with Crippen LogP contribution in [0.4, 0.5) is 10.5 Å². The quantitative estimate of drug-likeness (QED) is 0.780. The SMILES string of the molecule is CSC1(CNC(=O)Nc2cccc(C)c2C(=O)O)CC1. The van der Waals surface area contributed by atoms with Crippen molar-refractivity contribution in [3.63, 3.8) is 0 Å². The number of carbonyl (C=O) groups is 2. The molecule has 1 aliphatic carbocycles. The molecule has 1 aliphatic rings. The largest absolute Gasteiger partial charge is 0.478 e. The van der Waals surface area contributed by atoms with Crippen LogP contribution in [-0.2, 0) is 0 Å². The van der Waals surface area contributed by atoms with Crippen LogP contribution in [0.2, 0.25) is 0 Å². The van der Waals surface area contributed by atoms with E-state index in [9.17, 15) is 14.7 Å². The zero-order valence-electron chi connectivity index (χ0n) is 11.5. The molecular formula is C14H18N2O3S. The van der Waals surface area contributed by atoms with Gasteiger partial charge >= 0.3 is 12.0 Å². The summed E-state index contributed by atoms with van der Waals surface area (Å²) in [6, 6.07) is 4.66. The van der Waals surface area contributed by atoms with Crippen molar-refractivity contribution in [3.8, 4) is 0 Å². The summed E-state index contributed by atoms with van der Waals surface area (Å²) in [5, 5.41) is 14.6. The minimum Gasteiger partial charge on any atom is -0.478 e. The monoisotopic (exact) mass is 294 g/mol. The Kier molecular flexibility index (Phi) is 4.23. The first-order valence-electron chi connectivity index (χ1n) is 6.40. The van der Waals surface area contributed by atoms with E-state index < -0.39 is 5.97 Å². The number of carboxylic acid groups (broad SMARTS) is 1. The summed E-state index contributed by atoms with van der Waals surface area (Å²) in [6.45, 7) is 2.31. The molecule has 0 saturated heterocycles. The van der Waals surface area contributed by atoms with Crippen molar-refractivity contribution in [2.24, 2.45) is 0 Å². The summed E-state index contributed by atoms with van der Waals surface area (Å²) in [6.07, 6.45) is 4.26. The van der Waals surface area contributed by atoms with E-state index in [1.54, 1.807) is 36.9 Å². The van der Waals surface area contributed by atoms with Gasteiger partial charge < -0.3 is 15.7 Å². The first kappa shape index (κ1) is 14.7. The minimum atomic E-state index is -1.04. The van der Waals surface area contributed by atoms with Crippen LogP contribution >= 0.6 is 11.8 Å². The van der Waals surface area contributed by atoms with Crippen molar-refractivity contribution in [2.75, 3.05) is 18.1 Å². The minimum absolute atomic E-state index is 0.133. The number of anilines is 1. The fraction of sp³-hybridized carbons (Fsp3) is 0.429. The van der Waals surface area contributed by atoms with Crippen LogP contribution in [0.15, 0.2) is 18.2 Å². The average molecular weight is 294 g/mol. The van der Waals surface area contributed by atoms with Crippen molar-refractivity contribution in [1.29, 1.82) is 0 Å². The Balaban J connectivity index is 2.01. The number of amides is 2. The predicted molar refractivity (Wildman–Crippen MR) is 80.6 cm³/mol. The number of carbonyl (C=O) groups excluding carboxylic acids is 1. The van der Waals surface area contributed by atoms with Crippen molar-refractivity contribution in [3.05, 3.63) is 29.3 Å². The highest BCUT2D eigenvalue weighted by Crippen LogP contribution is 2.46. The molecule has 0 heterocycles. The molecule has 1 aromatic rings. The Labute approximate surface area is 122 Å². The highest BCUT2D eigenvalue weighted by Gasteiger charge is 2.41. The molecule has 5 nitrogen and oxygen atoms in total. The van der Waals surface area contributed by atoms with Crippen LogP contribution < -0.4 is 10.6 Å². The van der Waals surface area contributed by atoms with Gasteiger partial charge in [0.25, 0.3) is 0 Å². The Morgan fingerprint density at radius 2 is 2.10 bits per heavy atom. The van der Waals surface area contributed by atoms with Gasteiger partial charge in [0.2, 0.25) is 0 Å². The molecule has 1 fully saturated rings. The summed E-state index contributed by atoms with van der Waals surface area (Å²) in [5.41, 5.74) is 1.08. The van der Waals surface area contributed by atoms with Crippen LogP contribution in [0.3, 0.4) is 0 Å². The molecule has 2 rings (SSSR count). The normalized spacial score (nSPS) is 15.5. The molecule has 0 unspecified atom stereocenters. The number of aromatic carboxylic acids is 1. The van der Waals surface area contributed by atoms with Gasteiger partial charge in [-0.2, -0.15) is 11.8 Å². The van der Waals surface area contributed by atoms with Gasteiger partial charge in [0, 0.05) is 11.3 Å². The third kappa shape index (κ3) is 3.25. The Hall–Kier alpha value is -1.69. The Morgan fingerprint density at radius 3 is 2.65 bits per heavy atom. The number of thioether (sulfide) groups is 1. The summed E-state index contributed by atoms with van der Waals surface area (Å²) >= 11 is 1.76. The lowest BCUT2D eigenvalue weighted by Gasteiger charge is -2.15. The molecular weight excluding hydrogens is 276 g/mol. The maximum atomic E-state index is 11.9. The topological polar surface area (TPSA) is 78.4 Å². The van der Waals surface area contributed by atoms with Crippen LogP contribution in [0.1, 0.15) is 28.8 Å². The van der Waals surface area contributed by atoms with Gasteiger partial charge in [-0.3, -0.25) is 0 Å². The molecule has 2 amide bonds. The second-order valence-corrected chi connectivity index (χ2v) is 6.27. The van der Waals surface area contributed by atoms with Gasteiger partial charge in [-0.15, -0.1) is 0 Å². The number of hydrogen-bond acceptors (Lipinski definition) is 3. The first-order chi connectivity index (χ1) is 9.47. The van der Waals surface area contributed by atoms with Crippen molar-refractivity contribution < 1.29 is 14.7 Å². The van der Waals surface area contributed by atoms with E-state index in [4.69, 9.17) is 0 Å². The molecule has 20 heavy (non-hydrogen) atoms. The Bertz CT molecular complexity index is 541. The van der Waals surface area contributed by atoms with Crippen molar-refractivity contribution in [2.45, 2.75) is 24.5 Å². The van der Waals surface area contributed by atoms with Crippen molar-refractivity contribution >= 4 is 29.4 Å². The Morgan fingerprint density at radius 1 is 1.40 bits per heavy atom. The average Bonchev–Trinajstić information content (AvgIpc) is 3.17. The zero-order valence-corrected chi connectivity index (χ0v) is 12.3. The highest BCUT2D eigenvalue weighted by atomic mass is 32.2. The van der Waals surface area contributed by atoms with Crippen LogP contribution in [0.5, 0.6) is 0 Å². The maximum Gasteiger partial charge on any atom is 0.338 e. The lowest BCUT2D eigenvalue weighted by Crippen LogP contribution is -2.35. The number of hydrogen-bond donors (Lipinski definition) is 3. The van der Waals surface area contributed by atoms with E-state index >= 15 is 0 Å². The summed E-state index contributed by atoms with van der Waals surface area (Å²) in [7, 11) is 0. The van der Waals surface area contributed by atoms with Gasteiger partial charge in [-0.25, -0.2) is 9.59 Å². The van der Waals surface area contributed by atoms with Gasteiger partial charge in [-0.1, -0.05) is 12.1 Å². The molecule has 0 aliphatic heterocycles. The number of carboxylic acids is 1. The molecule has 0 aromatic heterocycles. The second-order valence-electron chi connectivity index (χ2n) is 5.00. The van der Waals surface area contributed by atoms with E-state index in [0.717, 1.165) is 12.8 Å². The van der Waals surface area contributed by atoms with E-state index in [1.807, 2.05) is 6.26 Å². The summed E-state index contributed by atoms with van der Waals surface area (Å²) in [4.78, 5) is 23.1. The second kappa shape index (κ2) is 5.75. The van der Waals surface area contributed by atoms with Crippen LogP contribution in [0.25, 0.3) is 0 Å². The number of benzene rings is 1. The predicted octanol–water partition coefficient (Wildman–Crippen LogP) is 2.71. The van der Waals surface area contributed by atoms with Gasteiger partial charge in [0.05, 0.1) is 11.3 Å². The fourth-order valence-electron chi connectivity index (χ4n) is 2.06. The van der Waals surface area contributed by atoms with Crippen LogP contribution in [0, 0.1) is 6.92 Å². The number of nitrogens with one attached hydrogen (secondary N) is 2. The first-order valence-corrected chi connectivity index (χ1v) is 7.63. The van der Waals surface area contributed by atoms with E-state index in [2.05, 4.69) is 10.6 Å². The molecule has 0 bridgehead atoms. The van der Waals surface area contributed by atoms with Crippen LogP contribution in [-0.4, -0.2) is 34.7 Å². The van der Waals surface area contributed by atoms with Gasteiger partial charge in [-0.05, 0) is 37.7 Å². The summed E-state index contributed by atoms with van der Waals surface area (Å²) in [5.74, 6) is -1.04. The summed E-state index contributed by atoms with van der Waals surface area (Å²) < 4.78 is 0.180. The maximum absolute atomic E-state index is 11.9. The third-order valence-electron chi connectivity index (χ3n) is 3.55. The molecule has 108 valence electrons. The number of aryl methyl sites for hydroxylation is 1. The standard InChI is InChI=1S/C14H18N2O3S/c1-9-4-3-5-10(11(9)12(17)18)16-13(19)15-8-14(20-2)6-7-14/h3-5H,6-8H2,1-2H3,(H,17,18)(H2,15,16,19). The molecule has 3 N–H and O–H groups in total. The number of rotatable bonds is 5.